The smallest absolute Gasteiger partial charge is 0.263 e. The Labute approximate surface area is 229 Å². The van der Waals surface area contributed by atoms with E-state index in [1.54, 1.807) is 42.5 Å². The molecule has 39 heavy (non-hydrogen) atoms. The minimum absolute atomic E-state index is 0.000675. The maximum atomic E-state index is 13.6. The molecule has 0 bridgehead atoms. The highest BCUT2D eigenvalue weighted by atomic mass is 32.2. The molecule has 0 saturated carbocycles. The average molecular weight is 554 g/mol. The summed E-state index contributed by atoms with van der Waals surface area (Å²) in [6, 6.07) is 14.4. The molecule has 0 atom stereocenters. The highest BCUT2D eigenvalue weighted by Gasteiger charge is 2.26. The molecule has 2 aromatic heterocycles. The molecular formula is C27H29N5O6S. The molecule has 0 fully saturated rings. The fourth-order valence-electron chi connectivity index (χ4n) is 3.41. The summed E-state index contributed by atoms with van der Waals surface area (Å²) in [6.45, 7) is 2.37. The van der Waals surface area contributed by atoms with Crippen LogP contribution in [0.25, 0.3) is 11.6 Å². The van der Waals surface area contributed by atoms with Crippen LogP contribution in [0.2, 0.25) is 0 Å². The first kappa shape index (κ1) is 25.0. The van der Waals surface area contributed by atoms with Gasteiger partial charge < -0.3 is 19.3 Å². The molecule has 4 aromatic rings. The van der Waals surface area contributed by atoms with E-state index in [0.717, 1.165) is 5.56 Å². The second kappa shape index (κ2) is 11.6. The van der Waals surface area contributed by atoms with Crippen molar-refractivity contribution >= 4 is 15.8 Å². The second-order valence-corrected chi connectivity index (χ2v) is 10.8. The number of nitrogens with zero attached hydrogens (tertiary/aromatic N) is 4. The number of aromatic nitrogens is 4. The summed E-state index contributed by atoms with van der Waals surface area (Å²) in [4.78, 5) is 16.7. The van der Waals surface area contributed by atoms with Crippen molar-refractivity contribution in [3.05, 3.63) is 72.6 Å². The van der Waals surface area contributed by atoms with Gasteiger partial charge in [0.1, 0.15) is 6.56 Å². The number of sulfonamides is 1. The summed E-state index contributed by atoms with van der Waals surface area (Å²) in [5.74, 6) is -1.08. The van der Waals surface area contributed by atoms with Gasteiger partial charge in [0.15, 0.2) is 23.1 Å². The highest BCUT2D eigenvalue weighted by Crippen LogP contribution is 2.41. The van der Waals surface area contributed by atoms with Crippen molar-refractivity contribution in [1.82, 2.24) is 19.9 Å². The Kier molecular flexibility index (Phi) is 7.45. The molecule has 2 N–H and O–H groups in total. The minimum Gasteiger partial charge on any atom is -0.493 e. The molecular weight excluding hydrogens is 522 g/mol. The van der Waals surface area contributed by atoms with Crippen LogP contribution in [0, 0.1) is 0 Å². The van der Waals surface area contributed by atoms with E-state index in [2.05, 4.69) is 24.7 Å². The monoisotopic (exact) mass is 553 g/mol. The highest BCUT2D eigenvalue weighted by molar-refractivity contribution is 7.92. The summed E-state index contributed by atoms with van der Waals surface area (Å²) in [6.07, 6.45) is 2.86. The molecule has 4 rings (SSSR count). The maximum Gasteiger partial charge on any atom is 0.263 e. The summed E-state index contributed by atoms with van der Waals surface area (Å²) >= 11 is 0. The van der Waals surface area contributed by atoms with Crippen LogP contribution in [0.3, 0.4) is 0 Å². The van der Waals surface area contributed by atoms with Crippen molar-refractivity contribution in [3.8, 4) is 34.8 Å². The normalized spacial score (nSPS) is 12.7. The third-order valence-electron chi connectivity index (χ3n) is 5.38. The van der Waals surface area contributed by atoms with Crippen molar-refractivity contribution < 1.29 is 30.5 Å². The zero-order valence-electron chi connectivity index (χ0n) is 23.7. The van der Waals surface area contributed by atoms with E-state index in [4.69, 9.17) is 17.0 Å². The number of aliphatic hydroxyl groups is 1. The molecule has 0 saturated heterocycles. The van der Waals surface area contributed by atoms with Gasteiger partial charge in [-0.05, 0) is 41.3 Å². The zero-order valence-corrected chi connectivity index (χ0v) is 22.6. The molecule has 0 aliphatic heterocycles. The first-order valence-electron chi connectivity index (χ1n) is 12.8. The van der Waals surface area contributed by atoms with Crippen LogP contribution in [0.4, 0.5) is 5.82 Å². The molecule has 0 unspecified atom stereocenters. The Bertz CT molecular complexity index is 1620. The number of para-hydroxylation sites is 2. The molecule has 0 aliphatic carbocycles. The number of hydrogen-bond donors (Lipinski definition) is 2. The third-order valence-corrected chi connectivity index (χ3v) is 6.73. The molecule has 0 amide bonds. The maximum absolute atomic E-state index is 13.6. The van der Waals surface area contributed by atoms with Gasteiger partial charge in [-0.25, -0.2) is 23.4 Å². The molecule has 2 heterocycles. The van der Waals surface area contributed by atoms with Gasteiger partial charge in [0, 0.05) is 12.4 Å². The Hall–Kier alpha value is -4.29. The number of hydrogen-bond acceptors (Lipinski definition) is 10. The molecule has 0 aliphatic rings. The van der Waals surface area contributed by atoms with Crippen LogP contribution in [0.5, 0.6) is 23.1 Å². The van der Waals surface area contributed by atoms with Crippen molar-refractivity contribution in [1.29, 1.82) is 0 Å². The number of ether oxygens (including phenoxy) is 3. The Morgan fingerprint density at radius 1 is 0.949 bits per heavy atom. The summed E-state index contributed by atoms with van der Waals surface area (Å²) in [7, 11) is -2.84. The average Bonchev–Trinajstić information content (AvgIpc) is 2.94. The van der Waals surface area contributed by atoms with Gasteiger partial charge in [-0.3, -0.25) is 4.72 Å². The SMILES string of the molecule is [2H]C([2H])(CO)Oc1nc(-c2ncccn2)nc(NS(=O)(=O)c2ccc(C(C)(C)C)cc2)c1Oc1ccccc1OC. The van der Waals surface area contributed by atoms with Crippen molar-refractivity contribution in [2.45, 2.75) is 31.1 Å². The predicted molar refractivity (Wildman–Crippen MR) is 145 cm³/mol. The van der Waals surface area contributed by atoms with Gasteiger partial charge in [0.2, 0.25) is 11.6 Å². The van der Waals surface area contributed by atoms with Crippen LogP contribution in [-0.2, 0) is 15.4 Å². The molecule has 11 nitrogen and oxygen atoms in total. The Balaban J connectivity index is 1.90. The molecule has 0 spiro atoms. The van der Waals surface area contributed by atoms with Crippen LogP contribution >= 0.6 is 0 Å². The number of rotatable bonds is 10. The zero-order chi connectivity index (χ0) is 29.8. The predicted octanol–water partition coefficient (Wildman–Crippen LogP) is 4.20. The summed E-state index contributed by atoms with van der Waals surface area (Å²) in [5, 5.41) is 9.55. The lowest BCUT2D eigenvalue weighted by molar-refractivity contribution is 0.192. The van der Waals surface area contributed by atoms with E-state index in [9.17, 15) is 13.5 Å². The lowest BCUT2D eigenvalue weighted by Gasteiger charge is -2.20. The third kappa shape index (κ3) is 6.59. The van der Waals surface area contributed by atoms with Crippen LogP contribution in [0.1, 0.15) is 29.1 Å². The van der Waals surface area contributed by atoms with Crippen LogP contribution < -0.4 is 18.9 Å². The standard InChI is InChI=1S/C27H29N5O6S/c1-27(2,3)18-10-12-19(13-11-18)39(34,35)32-23-22(38-21-9-6-5-8-20(21)36-4)26(37-17-16-33)31-25(30-23)24-28-14-7-15-29-24/h5-15,33H,16-17H2,1-4H3,(H,30,31,32)/i17D2. The van der Waals surface area contributed by atoms with Crippen LogP contribution in [-0.4, -0.2) is 53.7 Å². The first-order chi connectivity index (χ1) is 19.3. The second-order valence-electron chi connectivity index (χ2n) is 9.14. The van der Waals surface area contributed by atoms with E-state index in [-0.39, 0.29) is 39.2 Å². The number of methoxy groups -OCH3 is 1. The van der Waals surface area contributed by atoms with Crippen LogP contribution in [0.15, 0.2) is 71.9 Å². The fraction of sp³-hybridized carbons (Fsp3) is 0.259. The fourth-order valence-corrected chi connectivity index (χ4v) is 4.41. The van der Waals surface area contributed by atoms with Crippen molar-refractivity contribution in [2.75, 3.05) is 25.0 Å². The van der Waals surface area contributed by atoms with E-state index in [1.807, 2.05) is 20.8 Å². The minimum atomic E-state index is -4.26. The van der Waals surface area contributed by atoms with E-state index in [1.165, 1.54) is 31.6 Å². The van der Waals surface area contributed by atoms with Crippen molar-refractivity contribution in [3.63, 3.8) is 0 Å². The number of nitrogens with one attached hydrogen (secondary N) is 1. The lowest BCUT2D eigenvalue weighted by Crippen LogP contribution is -2.17. The number of aliphatic hydroxyl groups excluding tert-OH is 1. The van der Waals surface area contributed by atoms with Gasteiger partial charge in [0.25, 0.3) is 15.9 Å². The van der Waals surface area contributed by atoms with Gasteiger partial charge in [0.05, 0.1) is 21.4 Å². The number of benzene rings is 2. The Morgan fingerprint density at radius 2 is 1.62 bits per heavy atom. The molecule has 12 heteroatoms. The summed E-state index contributed by atoms with van der Waals surface area (Å²) in [5.41, 5.74) is 0.741. The number of anilines is 1. The molecule has 204 valence electrons. The van der Waals surface area contributed by atoms with E-state index < -0.39 is 34.9 Å². The molecule has 0 radical (unpaired) electrons. The van der Waals surface area contributed by atoms with Crippen molar-refractivity contribution in [2.24, 2.45) is 0 Å². The molecule has 2 aromatic carbocycles. The van der Waals surface area contributed by atoms with Gasteiger partial charge in [-0.1, -0.05) is 45.0 Å². The topological polar surface area (TPSA) is 146 Å². The largest absolute Gasteiger partial charge is 0.493 e. The first-order valence-corrected chi connectivity index (χ1v) is 13.2. The quantitative estimate of drug-likeness (QED) is 0.293. The van der Waals surface area contributed by atoms with E-state index >= 15 is 0 Å². The summed E-state index contributed by atoms with van der Waals surface area (Å²) < 4.78 is 62.2. The van der Waals surface area contributed by atoms with Gasteiger partial charge in [-0.2, -0.15) is 4.98 Å². The van der Waals surface area contributed by atoms with E-state index in [0.29, 0.717) is 0 Å². The Morgan fingerprint density at radius 3 is 2.23 bits per heavy atom. The van der Waals surface area contributed by atoms with Gasteiger partial charge >= 0.3 is 0 Å². The lowest BCUT2D eigenvalue weighted by atomic mass is 9.87. The van der Waals surface area contributed by atoms with Gasteiger partial charge in [-0.15, -0.1) is 0 Å².